The zero-order valence-corrected chi connectivity index (χ0v) is 17.8. The monoisotopic (exact) mass is 426 g/mol. The van der Waals surface area contributed by atoms with Crippen molar-refractivity contribution in [1.29, 1.82) is 0 Å². The summed E-state index contributed by atoms with van der Waals surface area (Å²) >= 11 is 4.81. The molecule has 1 aromatic carbocycles. The number of amides is 1. The van der Waals surface area contributed by atoms with Crippen molar-refractivity contribution in [2.75, 3.05) is 11.1 Å². The summed E-state index contributed by atoms with van der Waals surface area (Å²) in [5.41, 5.74) is 2.41. The predicted molar refractivity (Wildman–Crippen MR) is 118 cm³/mol. The molecule has 142 valence electrons. The lowest BCUT2D eigenvalue weighted by Gasteiger charge is -2.09. The Labute approximate surface area is 175 Å². The number of hydrogen-bond donors (Lipinski definition) is 1. The zero-order chi connectivity index (χ0) is 19.5. The molecule has 0 aliphatic carbocycles. The predicted octanol–water partition coefficient (Wildman–Crippen LogP) is 5.73. The number of carbonyl (C=O) groups is 1. The van der Waals surface area contributed by atoms with Crippen LogP contribution in [-0.2, 0) is 0 Å². The van der Waals surface area contributed by atoms with E-state index in [1.54, 1.807) is 27.8 Å². The molecule has 0 atom stereocenters. The standard InChI is InChI=1S/C20H18N4OS3/c1-3-26-16-8-5-4-7-14(16)19(25)22-18-11-13(2)23-24(18)20-21-15(12-28-20)17-9-6-10-27-17/h4-12H,3H2,1-2H3,(H,22,25). The molecule has 8 heteroatoms. The van der Waals surface area contributed by atoms with Gasteiger partial charge in [-0.15, -0.1) is 34.4 Å². The van der Waals surface area contributed by atoms with Gasteiger partial charge in [0.2, 0.25) is 5.13 Å². The highest BCUT2D eigenvalue weighted by atomic mass is 32.2. The van der Waals surface area contributed by atoms with Gasteiger partial charge in [-0.2, -0.15) is 9.78 Å². The lowest BCUT2D eigenvalue weighted by Crippen LogP contribution is -2.16. The van der Waals surface area contributed by atoms with Gasteiger partial charge in [0.25, 0.3) is 5.91 Å². The topological polar surface area (TPSA) is 59.8 Å². The van der Waals surface area contributed by atoms with Crippen molar-refractivity contribution >= 4 is 46.2 Å². The fraction of sp³-hybridized carbons (Fsp3) is 0.150. The van der Waals surface area contributed by atoms with Crippen LogP contribution in [-0.4, -0.2) is 26.4 Å². The Balaban J connectivity index is 1.63. The molecule has 4 aromatic rings. The molecule has 4 rings (SSSR count). The van der Waals surface area contributed by atoms with Crippen molar-refractivity contribution in [3.8, 4) is 15.7 Å². The molecule has 0 fully saturated rings. The van der Waals surface area contributed by atoms with Crippen LogP contribution in [0.1, 0.15) is 23.0 Å². The maximum absolute atomic E-state index is 12.9. The molecule has 0 aliphatic rings. The largest absolute Gasteiger partial charge is 0.306 e. The maximum Gasteiger partial charge on any atom is 0.257 e. The van der Waals surface area contributed by atoms with Gasteiger partial charge in [0.1, 0.15) is 5.82 Å². The first kappa shape index (κ1) is 18.9. The third kappa shape index (κ3) is 3.89. The Morgan fingerprint density at radius 1 is 1.21 bits per heavy atom. The summed E-state index contributed by atoms with van der Waals surface area (Å²) in [6, 6.07) is 13.6. The van der Waals surface area contributed by atoms with Crippen LogP contribution in [0.4, 0.5) is 5.82 Å². The highest BCUT2D eigenvalue weighted by molar-refractivity contribution is 7.99. The zero-order valence-electron chi connectivity index (χ0n) is 15.4. The first-order valence-corrected chi connectivity index (χ1v) is 11.5. The van der Waals surface area contributed by atoms with Gasteiger partial charge in [0.05, 0.1) is 21.8 Å². The van der Waals surface area contributed by atoms with E-state index in [1.807, 2.05) is 60.1 Å². The average Bonchev–Trinajstić information content (AvgIpc) is 3.42. The van der Waals surface area contributed by atoms with Gasteiger partial charge in [-0.05, 0) is 36.3 Å². The summed E-state index contributed by atoms with van der Waals surface area (Å²) in [5.74, 6) is 1.38. The van der Waals surface area contributed by atoms with E-state index >= 15 is 0 Å². The van der Waals surface area contributed by atoms with E-state index in [9.17, 15) is 4.79 Å². The summed E-state index contributed by atoms with van der Waals surface area (Å²) in [7, 11) is 0. The maximum atomic E-state index is 12.9. The van der Waals surface area contributed by atoms with Gasteiger partial charge >= 0.3 is 0 Å². The van der Waals surface area contributed by atoms with E-state index < -0.39 is 0 Å². The number of nitrogens with zero attached hydrogens (tertiary/aromatic N) is 3. The summed E-state index contributed by atoms with van der Waals surface area (Å²) in [4.78, 5) is 19.7. The van der Waals surface area contributed by atoms with Crippen LogP contribution in [0.25, 0.3) is 15.7 Å². The number of nitrogens with one attached hydrogen (secondary N) is 1. The minimum absolute atomic E-state index is 0.146. The van der Waals surface area contributed by atoms with Gasteiger partial charge in [0.15, 0.2) is 0 Å². The molecule has 0 unspecified atom stereocenters. The number of benzene rings is 1. The number of thioether (sulfide) groups is 1. The van der Waals surface area contributed by atoms with Gasteiger partial charge in [-0.1, -0.05) is 25.1 Å². The van der Waals surface area contributed by atoms with Crippen molar-refractivity contribution in [2.45, 2.75) is 18.7 Å². The molecule has 0 saturated heterocycles. The van der Waals surface area contributed by atoms with Crippen molar-refractivity contribution in [3.63, 3.8) is 0 Å². The Kier molecular flexibility index (Phi) is 5.61. The second kappa shape index (κ2) is 8.30. The number of aromatic nitrogens is 3. The third-order valence-electron chi connectivity index (χ3n) is 3.95. The summed E-state index contributed by atoms with van der Waals surface area (Å²) in [6.45, 7) is 3.98. The number of carbonyl (C=O) groups excluding carboxylic acids is 1. The molecule has 3 aromatic heterocycles. The average molecular weight is 427 g/mol. The normalized spacial score (nSPS) is 10.9. The van der Waals surface area contributed by atoms with Gasteiger partial charge in [-0.25, -0.2) is 4.98 Å². The lowest BCUT2D eigenvalue weighted by atomic mass is 10.2. The number of rotatable bonds is 6. The second-order valence-corrected chi connectivity index (χ2v) is 9.05. The van der Waals surface area contributed by atoms with E-state index in [0.717, 1.165) is 32.0 Å². The number of anilines is 1. The molecule has 28 heavy (non-hydrogen) atoms. The minimum atomic E-state index is -0.146. The molecule has 0 radical (unpaired) electrons. The highest BCUT2D eigenvalue weighted by Crippen LogP contribution is 2.29. The molecule has 0 spiro atoms. The van der Waals surface area contributed by atoms with Crippen LogP contribution in [0.5, 0.6) is 0 Å². The van der Waals surface area contributed by atoms with Crippen molar-refractivity contribution in [3.05, 3.63) is 64.5 Å². The molecule has 3 heterocycles. The van der Waals surface area contributed by atoms with Crippen molar-refractivity contribution < 1.29 is 4.79 Å². The molecule has 5 nitrogen and oxygen atoms in total. The van der Waals surface area contributed by atoms with E-state index in [0.29, 0.717) is 11.4 Å². The number of hydrogen-bond acceptors (Lipinski definition) is 6. The quantitative estimate of drug-likeness (QED) is 0.400. The van der Waals surface area contributed by atoms with Gasteiger partial charge in [-0.3, -0.25) is 4.79 Å². The van der Waals surface area contributed by atoms with Crippen molar-refractivity contribution in [1.82, 2.24) is 14.8 Å². The Bertz CT molecular complexity index is 1100. The summed E-state index contributed by atoms with van der Waals surface area (Å²) in [6.07, 6.45) is 0. The molecule has 1 amide bonds. The van der Waals surface area contributed by atoms with E-state index in [-0.39, 0.29) is 5.91 Å². The first-order valence-electron chi connectivity index (χ1n) is 8.75. The van der Waals surface area contributed by atoms with Crippen LogP contribution in [0.15, 0.2) is 58.1 Å². The number of thiazole rings is 1. The molecular weight excluding hydrogens is 408 g/mol. The van der Waals surface area contributed by atoms with Crippen LogP contribution >= 0.6 is 34.4 Å². The Hall–Kier alpha value is -2.42. The summed E-state index contributed by atoms with van der Waals surface area (Å²) in [5, 5.41) is 12.3. The van der Waals surface area contributed by atoms with E-state index in [4.69, 9.17) is 4.98 Å². The number of thiophene rings is 1. The SMILES string of the molecule is CCSc1ccccc1C(=O)Nc1cc(C)nn1-c1nc(-c2cccs2)cs1. The smallest absolute Gasteiger partial charge is 0.257 e. The second-order valence-electron chi connectivity index (χ2n) is 5.96. The van der Waals surface area contributed by atoms with Crippen LogP contribution in [0.2, 0.25) is 0 Å². The van der Waals surface area contributed by atoms with Crippen LogP contribution < -0.4 is 5.32 Å². The molecule has 0 bridgehead atoms. The molecule has 1 N–H and O–H groups in total. The van der Waals surface area contributed by atoms with Gasteiger partial charge in [0, 0.05) is 16.3 Å². The van der Waals surface area contributed by atoms with E-state index in [2.05, 4.69) is 17.3 Å². The first-order chi connectivity index (χ1) is 13.7. The van der Waals surface area contributed by atoms with Crippen LogP contribution in [0, 0.1) is 6.92 Å². The summed E-state index contributed by atoms with van der Waals surface area (Å²) < 4.78 is 1.70. The van der Waals surface area contributed by atoms with E-state index in [1.165, 1.54) is 11.3 Å². The Morgan fingerprint density at radius 3 is 2.86 bits per heavy atom. The molecular formula is C20H18N4OS3. The van der Waals surface area contributed by atoms with Gasteiger partial charge < -0.3 is 5.32 Å². The van der Waals surface area contributed by atoms with Crippen molar-refractivity contribution in [2.24, 2.45) is 0 Å². The Morgan fingerprint density at radius 2 is 2.07 bits per heavy atom. The van der Waals surface area contributed by atoms with Crippen LogP contribution in [0.3, 0.4) is 0 Å². The molecule has 0 saturated carbocycles. The third-order valence-corrected chi connectivity index (χ3v) is 6.62. The molecule has 0 aliphatic heterocycles. The fourth-order valence-corrected chi connectivity index (χ4v) is 5.10. The number of aryl methyl sites for hydroxylation is 1. The fourth-order valence-electron chi connectivity index (χ4n) is 2.75. The lowest BCUT2D eigenvalue weighted by molar-refractivity contribution is 0.102. The minimum Gasteiger partial charge on any atom is -0.306 e. The highest BCUT2D eigenvalue weighted by Gasteiger charge is 2.17.